The lowest BCUT2D eigenvalue weighted by atomic mass is 10.3. The van der Waals surface area contributed by atoms with Gasteiger partial charge in [-0.1, -0.05) is 23.7 Å². The van der Waals surface area contributed by atoms with Gasteiger partial charge in [-0.15, -0.1) is 10.2 Å². The number of aromatic nitrogens is 4. The minimum atomic E-state index is 0.429. The van der Waals surface area contributed by atoms with Crippen LogP contribution >= 0.6 is 11.6 Å². The van der Waals surface area contributed by atoms with Crippen LogP contribution < -0.4 is 4.74 Å². The van der Waals surface area contributed by atoms with Crippen molar-refractivity contribution in [2.45, 2.75) is 0 Å². The van der Waals surface area contributed by atoms with Crippen molar-refractivity contribution in [3.05, 3.63) is 48.0 Å². The van der Waals surface area contributed by atoms with Gasteiger partial charge in [0.05, 0.1) is 5.02 Å². The third-order valence-electron chi connectivity index (χ3n) is 2.21. The largest absolute Gasteiger partial charge is 0.437 e. The molecule has 0 aliphatic carbocycles. The summed E-state index contributed by atoms with van der Waals surface area (Å²) in [4.78, 5) is 4.12. The second kappa shape index (κ2) is 4.03. The van der Waals surface area contributed by atoms with Gasteiger partial charge in [-0.3, -0.25) is 4.40 Å². The number of para-hydroxylation sites is 1. The third-order valence-corrected chi connectivity index (χ3v) is 2.53. The topological polar surface area (TPSA) is 52.3 Å². The summed E-state index contributed by atoms with van der Waals surface area (Å²) in [5.41, 5.74) is 0.669. The lowest BCUT2D eigenvalue weighted by Gasteiger charge is -2.05. The van der Waals surface area contributed by atoms with E-state index in [1.165, 1.54) is 0 Å². The molecule has 0 fully saturated rings. The Morgan fingerprint density at radius 3 is 2.94 bits per heavy atom. The summed E-state index contributed by atoms with van der Waals surface area (Å²) < 4.78 is 7.26. The van der Waals surface area contributed by atoms with Crippen LogP contribution in [-0.4, -0.2) is 19.6 Å². The first-order chi connectivity index (χ1) is 8.33. The molecule has 0 bridgehead atoms. The Bertz CT molecular complexity index is 667. The zero-order valence-electron chi connectivity index (χ0n) is 8.62. The molecular formula is C11H7ClN4O. The fraction of sp³-hybridized carbons (Fsp3) is 0. The van der Waals surface area contributed by atoms with E-state index in [2.05, 4.69) is 15.2 Å². The van der Waals surface area contributed by atoms with E-state index >= 15 is 0 Å². The van der Waals surface area contributed by atoms with Crippen LogP contribution in [0.15, 0.2) is 43.0 Å². The Morgan fingerprint density at radius 2 is 2.06 bits per heavy atom. The first-order valence-electron chi connectivity index (χ1n) is 4.91. The van der Waals surface area contributed by atoms with Crippen LogP contribution in [0.5, 0.6) is 11.6 Å². The Hall–Kier alpha value is -2.14. The Kier molecular flexibility index (Phi) is 2.38. The van der Waals surface area contributed by atoms with Gasteiger partial charge in [0.1, 0.15) is 18.4 Å². The van der Waals surface area contributed by atoms with Crippen molar-refractivity contribution >= 4 is 17.2 Å². The van der Waals surface area contributed by atoms with Gasteiger partial charge in [-0.2, -0.15) is 0 Å². The number of fused-ring (bicyclic) bond motifs is 1. The van der Waals surface area contributed by atoms with E-state index in [4.69, 9.17) is 16.3 Å². The monoisotopic (exact) mass is 246 g/mol. The number of benzene rings is 1. The lowest BCUT2D eigenvalue weighted by Crippen LogP contribution is -1.91. The SMILES string of the molecule is Clc1ccccc1Oc1cc2nncn2cn1. The number of halogens is 1. The van der Waals surface area contributed by atoms with E-state index in [1.807, 2.05) is 12.1 Å². The molecule has 0 spiro atoms. The van der Waals surface area contributed by atoms with Crippen molar-refractivity contribution in [2.75, 3.05) is 0 Å². The first-order valence-corrected chi connectivity index (χ1v) is 5.28. The van der Waals surface area contributed by atoms with E-state index in [9.17, 15) is 0 Å². The van der Waals surface area contributed by atoms with Crippen LogP contribution in [0.1, 0.15) is 0 Å². The fourth-order valence-corrected chi connectivity index (χ4v) is 1.58. The van der Waals surface area contributed by atoms with E-state index in [1.54, 1.807) is 35.3 Å². The molecule has 0 unspecified atom stereocenters. The maximum absolute atomic E-state index is 5.99. The van der Waals surface area contributed by atoms with E-state index < -0.39 is 0 Å². The van der Waals surface area contributed by atoms with Crippen LogP contribution in [0.25, 0.3) is 5.65 Å². The molecular weight excluding hydrogens is 240 g/mol. The Morgan fingerprint density at radius 1 is 1.18 bits per heavy atom. The quantitative estimate of drug-likeness (QED) is 0.697. The van der Waals surface area contributed by atoms with Crippen molar-refractivity contribution in [3.63, 3.8) is 0 Å². The summed E-state index contributed by atoms with van der Waals surface area (Å²) >= 11 is 5.99. The number of hydrogen-bond acceptors (Lipinski definition) is 4. The number of ether oxygens (including phenoxy) is 1. The van der Waals surface area contributed by atoms with Crippen LogP contribution in [0.4, 0.5) is 0 Å². The molecule has 0 aliphatic rings. The maximum atomic E-state index is 5.99. The number of nitrogens with zero attached hydrogens (tertiary/aromatic N) is 4. The van der Waals surface area contributed by atoms with Gasteiger partial charge < -0.3 is 4.74 Å². The summed E-state index contributed by atoms with van der Waals surface area (Å²) in [6, 6.07) is 8.90. The molecule has 5 nitrogen and oxygen atoms in total. The van der Waals surface area contributed by atoms with Crippen LogP contribution in [0.2, 0.25) is 5.02 Å². The van der Waals surface area contributed by atoms with Crippen LogP contribution in [0.3, 0.4) is 0 Å². The molecule has 2 aromatic heterocycles. The van der Waals surface area contributed by atoms with Gasteiger partial charge in [0, 0.05) is 6.07 Å². The highest BCUT2D eigenvalue weighted by atomic mass is 35.5. The molecule has 0 radical (unpaired) electrons. The van der Waals surface area contributed by atoms with E-state index in [0.717, 1.165) is 0 Å². The molecule has 6 heteroatoms. The van der Waals surface area contributed by atoms with Gasteiger partial charge in [0.2, 0.25) is 5.88 Å². The third kappa shape index (κ3) is 1.92. The van der Waals surface area contributed by atoms with E-state index in [0.29, 0.717) is 22.3 Å². The van der Waals surface area contributed by atoms with Crippen LogP contribution in [0, 0.1) is 0 Å². The molecule has 2 heterocycles. The number of hydrogen-bond donors (Lipinski definition) is 0. The lowest BCUT2D eigenvalue weighted by molar-refractivity contribution is 0.462. The maximum Gasteiger partial charge on any atom is 0.224 e. The zero-order valence-corrected chi connectivity index (χ0v) is 9.37. The summed E-state index contributed by atoms with van der Waals surface area (Å²) in [5.74, 6) is 0.990. The molecule has 0 saturated heterocycles. The second-order valence-corrected chi connectivity index (χ2v) is 3.76. The molecule has 84 valence electrons. The molecule has 3 aromatic rings. The van der Waals surface area contributed by atoms with Crippen LogP contribution in [-0.2, 0) is 0 Å². The molecule has 17 heavy (non-hydrogen) atoms. The fourth-order valence-electron chi connectivity index (χ4n) is 1.41. The zero-order chi connectivity index (χ0) is 11.7. The molecule has 0 atom stereocenters. The summed E-state index contributed by atoms with van der Waals surface area (Å²) in [5, 5.41) is 8.20. The highest BCUT2D eigenvalue weighted by molar-refractivity contribution is 6.32. The standard InChI is InChI=1S/C11H7ClN4O/c12-8-3-1-2-4-9(8)17-11-5-10-15-14-7-16(10)6-13-11/h1-7H. The van der Waals surface area contributed by atoms with Crippen molar-refractivity contribution in [2.24, 2.45) is 0 Å². The van der Waals surface area contributed by atoms with E-state index in [-0.39, 0.29) is 0 Å². The van der Waals surface area contributed by atoms with Gasteiger partial charge in [-0.05, 0) is 12.1 Å². The summed E-state index contributed by atoms with van der Waals surface area (Å²) in [7, 11) is 0. The Balaban J connectivity index is 1.97. The molecule has 0 saturated carbocycles. The summed E-state index contributed by atoms with van der Waals surface area (Å²) in [6.45, 7) is 0. The molecule has 3 rings (SSSR count). The normalized spacial score (nSPS) is 10.6. The average molecular weight is 247 g/mol. The summed E-state index contributed by atoms with van der Waals surface area (Å²) in [6.07, 6.45) is 3.16. The van der Waals surface area contributed by atoms with Crippen molar-refractivity contribution in [1.29, 1.82) is 0 Å². The van der Waals surface area contributed by atoms with Crippen molar-refractivity contribution in [1.82, 2.24) is 19.6 Å². The predicted molar refractivity (Wildman–Crippen MR) is 62.3 cm³/mol. The minimum Gasteiger partial charge on any atom is -0.437 e. The molecule has 0 aliphatic heterocycles. The predicted octanol–water partition coefficient (Wildman–Crippen LogP) is 2.57. The average Bonchev–Trinajstić information content (AvgIpc) is 2.79. The first kappa shape index (κ1) is 10.0. The minimum absolute atomic E-state index is 0.429. The van der Waals surface area contributed by atoms with Gasteiger partial charge >= 0.3 is 0 Å². The van der Waals surface area contributed by atoms with Crippen molar-refractivity contribution < 1.29 is 4.74 Å². The van der Waals surface area contributed by atoms with Gasteiger partial charge in [0.15, 0.2) is 5.65 Å². The van der Waals surface area contributed by atoms with Crippen molar-refractivity contribution in [3.8, 4) is 11.6 Å². The highest BCUT2D eigenvalue weighted by Crippen LogP contribution is 2.27. The highest BCUT2D eigenvalue weighted by Gasteiger charge is 2.04. The molecule has 1 aromatic carbocycles. The van der Waals surface area contributed by atoms with Gasteiger partial charge in [-0.25, -0.2) is 4.98 Å². The smallest absolute Gasteiger partial charge is 0.224 e. The number of rotatable bonds is 2. The molecule has 0 amide bonds. The second-order valence-electron chi connectivity index (χ2n) is 3.36. The van der Waals surface area contributed by atoms with Gasteiger partial charge in [0.25, 0.3) is 0 Å². The molecule has 0 N–H and O–H groups in total. The Labute approximate surface area is 102 Å².